The van der Waals surface area contributed by atoms with Crippen molar-refractivity contribution in [2.45, 2.75) is 31.6 Å². The van der Waals surface area contributed by atoms with Gasteiger partial charge in [0.1, 0.15) is 9.80 Å². The number of allylic oxidation sites excluding steroid dienone is 6. The van der Waals surface area contributed by atoms with Crippen LogP contribution in [0, 0.1) is 0 Å². The standard InChI is InChI=1S/C29H29N3O6S2/c1-3-5-21-8-16-26(28(18-21)39(33,34)35)32-24-13-11-22(12-14-24)30-25-15-17-27(29(19-25)40(36,37)38)31-23-9-6-20(4-2)7-10-23/h5-19,30-31H,3-4H2,1-2H3,(H,33,34,35)(H,36,37,38)/b21-5-,32-26?. The van der Waals surface area contributed by atoms with Crippen molar-refractivity contribution in [3.63, 3.8) is 0 Å². The Balaban J connectivity index is 1.56. The second-order valence-electron chi connectivity index (χ2n) is 8.96. The van der Waals surface area contributed by atoms with Crippen LogP contribution < -0.4 is 10.6 Å². The first-order valence-corrected chi connectivity index (χ1v) is 15.4. The smallest absolute Gasteiger partial charge is 0.296 e. The van der Waals surface area contributed by atoms with Crippen LogP contribution in [0.5, 0.6) is 0 Å². The Morgan fingerprint density at radius 2 is 1.40 bits per heavy atom. The molecule has 9 nitrogen and oxygen atoms in total. The molecule has 0 aliphatic heterocycles. The van der Waals surface area contributed by atoms with E-state index < -0.39 is 20.2 Å². The van der Waals surface area contributed by atoms with Crippen LogP contribution in [0.15, 0.2) is 111 Å². The van der Waals surface area contributed by atoms with Gasteiger partial charge in [-0.15, -0.1) is 0 Å². The van der Waals surface area contributed by atoms with Crippen molar-refractivity contribution < 1.29 is 25.9 Å². The molecule has 3 aromatic rings. The lowest BCUT2D eigenvalue weighted by molar-refractivity contribution is 0.483. The Kier molecular flexibility index (Phi) is 8.70. The molecule has 0 unspecified atom stereocenters. The Morgan fingerprint density at radius 3 is 2.00 bits per heavy atom. The largest absolute Gasteiger partial charge is 0.355 e. The summed E-state index contributed by atoms with van der Waals surface area (Å²) in [6.07, 6.45) is 8.04. The molecule has 40 heavy (non-hydrogen) atoms. The van der Waals surface area contributed by atoms with Crippen molar-refractivity contribution in [1.29, 1.82) is 0 Å². The van der Waals surface area contributed by atoms with E-state index in [1.165, 1.54) is 18.2 Å². The molecule has 208 valence electrons. The fourth-order valence-electron chi connectivity index (χ4n) is 4.01. The summed E-state index contributed by atoms with van der Waals surface area (Å²) in [4.78, 5) is 3.79. The van der Waals surface area contributed by atoms with Gasteiger partial charge >= 0.3 is 0 Å². The molecule has 0 bridgehead atoms. The summed E-state index contributed by atoms with van der Waals surface area (Å²) in [6, 6.07) is 18.7. The van der Waals surface area contributed by atoms with Crippen LogP contribution in [0.25, 0.3) is 0 Å². The fraction of sp³-hybridized carbons (Fsp3) is 0.138. The monoisotopic (exact) mass is 579 g/mol. The van der Waals surface area contributed by atoms with Crippen LogP contribution >= 0.6 is 0 Å². The minimum atomic E-state index is -4.53. The van der Waals surface area contributed by atoms with E-state index in [-0.39, 0.29) is 21.2 Å². The van der Waals surface area contributed by atoms with Gasteiger partial charge in [0.2, 0.25) is 0 Å². The number of aliphatic imine (C=N–C) groups is 1. The zero-order valence-electron chi connectivity index (χ0n) is 21.9. The van der Waals surface area contributed by atoms with Gasteiger partial charge in [-0.05, 0) is 90.7 Å². The Hall–Kier alpha value is -4.03. The van der Waals surface area contributed by atoms with E-state index >= 15 is 0 Å². The highest BCUT2D eigenvalue weighted by molar-refractivity contribution is 7.91. The molecular formula is C29H29N3O6S2. The molecule has 0 aromatic heterocycles. The van der Waals surface area contributed by atoms with Crippen molar-refractivity contribution in [3.8, 4) is 0 Å². The molecule has 0 amide bonds. The van der Waals surface area contributed by atoms with Crippen LogP contribution in [0.1, 0.15) is 25.8 Å². The highest BCUT2D eigenvalue weighted by atomic mass is 32.2. The zero-order valence-corrected chi connectivity index (χ0v) is 23.5. The van der Waals surface area contributed by atoms with Crippen molar-refractivity contribution >= 4 is 54.4 Å². The number of hydrogen-bond donors (Lipinski definition) is 4. The molecule has 11 heteroatoms. The second kappa shape index (κ2) is 12.0. The summed E-state index contributed by atoms with van der Waals surface area (Å²) in [5, 5.41) is 6.12. The maximum atomic E-state index is 12.1. The molecular weight excluding hydrogens is 550 g/mol. The van der Waals surface area contributed by atoms with Crippen molar-refractivity contribution in [1.82, 2.24) is 0 Å². The Bertz CT molecular complexity index is 1740. The highest BCUT2D eigenvalue weighted by Crippen LogP contribution is 2.30. The van der Waals surface area contributed by atoms with E-state index in [0.29, 0.717) is 34.7 Å². The number of nitrogens with zero attached hydrogens (tertiary/aromatic N) is 1. The topological polar surface area (TPSA) is 145 Å². The zero-order chi connectivity index (χ0) is 28.9. The quantitative estimate of drug-likeness (QED) is 0.204. The molecule has 0 spiro atoms. The van der Waals surface area contributed by atoms with E-state index in [4.69, 9.17) is 0 Å². The van der Waals surface area contributed by atoms with Gasteiger partial charge in [0.15, 0.2) is 0 Å². The molecule has 4 rings (SSSR count). The van der Waals surface area contributed by atoms with Crippen LogP contribution in [0.4, 0.5) is 28.4 Å². The van der Waals surface area contributed by atoms with Gasteiger partial charge in [-0.25, -0.2) is 4.99 Å². The van der Waals surface area contributed by atoms with Gasteiger partial charge < -0.3 is 10.6 Å². The molecule has 1 aliphatic carbocycles. The number of aryl methyl sites for hydroxylation is 1. The molecule has 1 aliphatic rings. The summed E-state index contributed by atoms with van der Waals surface area (Å²) < 4.78 is 67.6. The van der Waals surface area contributed by atoms with Gasteiger partial charge in [-0.2, -0.15) is 16.8 Å². The van der Waals surface area contributed by atoms with Gasteiger partial charge in [0, 0.05) is 17.1 Å². The maximum Gasteiger partial charge on any atom is 0.296 e. The normalized spacial score (nSPS) is 15.8. The number of rotatable bonds is 9. The van der Waals surface area contributed by atoms with Crippen LogP contribution in [-0.2, 0) is 26.7 Å². The number of hydrogen-bond acceptors (Lipinski definition) is 7. The summed E-state index contributed by atoms with van der Waals surface area (Å²) in [6.45, 7) is 3.96. The molecule has 0 heterocycles. The lowest BCUT2D eigenvalue weighted by atomic mass is 10.1. The summed E-state index contributed by atoms with van der Waals surface area (Å²) in [5.74, 6) is 0. The minimum Gasteiger partial charge on any atom is -0.355 e. The van der Waals surface area contributed by atoms with Gasteiger partial charge in [-0.1, -0.05) is 38.1 Å². The molecule has 0 radical (unpaired) electrons. The van der Waals surface area contributed by atoms with Crippen LogP contribution in [-0.4, -0.2) is 31.7 Å². The van der Waals surface area contributed by atoms with E-state index in [1.807, 2.05) is 44.2 Å². The average molecular weight is 580 g/mol. The molecule has 4 N–H and O–H groups in total. The molecule has 0 saturated heterocycles. The molecule has 0 atom stereocenters. The summed E-state index contributed by atoms with van der Waals surface area (Å²) >= 11 is 0. The Labute approximate surface area is 234 Å². The number of benzene rings is 3. The number of anilines is 4. The van der Waals surface area contributed by atoms with Crippen molar-refractivity contribution in [3.05, 3.63) is 107 Å². The summed E-state index contributed by atoms with van der Waals surface area (Å²) in [7, 11) is -9.02. The molecule has 0 saturated carbocycles. The lowest BCUT2D eigenvalue weighted by Crippen LogP contribution is -2.13. The first-order valence-electron chi connectivity index (χ1n) is 12.5. The van der Waals surface area contributed by atoms with E-state index in [1.54, 1.807) is 42.5 Å². The van der Waals surface area contributed by atoms with E-state index in [9.17, 15) is 25.9 Å². The highest BCUT2D eigenvalue weighted by Gasteiger charge is 2.22. The van der Waals surface area contributed by atoms with Gasteiger partial charge in [0.05, 0.1) is 17.1 Å². The predicted molar refractivity (Wildman–Crippen MR) is 159 cm³/mol. The molecule has 0 fully saturated rings. The fourth-order valence-corrected chi connectivity index (χ4v) is 5.35. The van der Waals surface area contributed by atoms with Crippen LogP contribution in [0.2, 0.25) is 0 Å². The average Bonchev–Trinajstić information content (AvgIpc) is 2.91. The third-order valence-corrected chi connectivity index (χ3v) is 7.78. The van der Waals surface area contributed by atoms with Crippen LogP contribution in [0.3, 0.4) is 0 Å². The first-order chi connectivity index (χ1) is 19.0. The molecule has 3 aromatic carbocycles. The predicted octanol–water partition coefficient (Wildman–Crippen LogP) is 6.73. The van der Waals surface area contributed by atoms with E-state index in [0.717, 1.165) is 12.0 Å². The summed E-state index contributed by atoms with van der Waals surface area (Å²) in [5.41, 5.74) is 4.26. The lowest BCUT2D eigenvalue weighted by Gasteiger charge is -2.14. The van der Waals surface area contributed by atoms with Gasteiger partial charge in [0.25, 0.3) is 20.2 Å². The minimum absolute atomic E-state index is 0.0988. The number of nitrogens with one attached hydrogen (secondary N) is 2. The third kappa shape index (κ3) is 7.33. The van der Waals surface area contributed by atoms with Crippen molar-refractivity contribution in [2.75, 3.05) is 10.6 Å². The van der Waals surface area contributed by atoms with Crippen molar-refractivity contribution in [2.24, 2.45) is 4.99 Å². The maximum absolute atomic E-state index is 12.1. The SMILES string of the molecule is CC/C=C1/C=CC(=Nc2ccc(Nc3ccc(Nc4ccc(CC)cc4)c(S(=O)(=O)O)c3)cc2)C(S(=O)(=O)O)=C1. The van der Waals surface area contributed by atoms with Gasteiger partial charge in [-0.3, -0.25) is 9.11 Å². The second-order valence-corrected chi connectivity index (χ2v) is 11.7. The first kappa shape index (κ1) is 29.0. The third-order valence-electron chi connectivity index (χ3n) is 6.01. The van der Waals surface area contributed by atoms with E-state index in [2.05, 4.69) is 15.6 Å². The Morgan fingerprint density at radius 1 is 0.775 bits per heavy atom.